The summed E-state index contributed by atoms with van der Waals surface area (Å²) in [6.07, 6.45) is 0.924. The van der Waals surface area contributed by atoms with Crippen LogP contribution in [0.4, 0.5) is 5.69 Å². The summed E-state index contributed by atoms with van der Waals surface area (Å²) in [5.41, 5.74) is 1.82. The highest BCUT2D eigenvalue weighted by atomic mass is 35.5. The fourth-order valence-electron chi connectivity index (χ4n) is 4.98. The number of methoxy groups -OCH3 is 2. The monoisotopic (exact) mass is 663 g/mol. The number of nitrogens with zero attached hydrogens (tertiary/aromatic N) is 2. The maximum Gasteiger partial charge on any atom is 0.264 e. The first-order valence-electron chi connectivity index (χ1n) is 14.8. The van der Waals surface area contributed by atoms with Crippen molar-refractivity contribution in [2.24, 2.45) is 0 Å². The molecule has 0 radical (unpaired) electrons. The Morgan fingerprint density at radius 3 is 2.11 bits per heavy atom. The number of rotatable bonds is 15. The average Bonchev–Trinajstić information content (AvgIpc) is 3.07. The van der Waals surface area contributed by atoms with Gasteiger partial charge in [-0.2, -0.15) is 0 Å². The van der Waals surface area contributed by atoms with Gasteiger partial charge in [0.25, 0.3) is 10.0 Å². The minimum atomic E-state index is -4.31. The van der Waals surface area contributed by atoms with Gasteiger partial charge in [0.15, 0.2) is 11.5 Å². The molecule has 11 heteroatoms. The Kier molecular flexibility index (Phi) is 12.1. The molecule has 0 bridgehead atoms. The highest BCUT2D eigenvalue weighted by Gasteiger charge is 2.35. The van der Waals surface area contributed by atoms with Gasteiger partial charge in [-0.15, -0.1) is 0 Å². The van der Waals surface area contributed by atoms with E-state index in [1.165, 1.54) is 37.3 Å². The Hall–Kier alpha value is -4.54. The van der Waals surface area contributed by atoms with Crippen LogP contribution in [-0.4, -0.2) is 58.5 Å². The second-order valence-electron chi connectivity index (χ2n) is 10.5. The van der Waals surface area contributed by atoms with Crippen molar-refractivity contribution < 1.29 is 27.5 Å². The average molecular weight is 664 g/mol. The number of sulfonamides is 1. The van der Waals surface area contributed by atoms with Crippen molar-refractivity contribution in [3.8, 4) is 11.5 Å². The highest BCUT2D eigenvalue weighted by Crippen LogP contribution is 2.32. The standard InChI is InChI=1S/C35H38ClN3O6S/c1-4-20-37-35(41)31(22-26-12-7-5-8-13-26)38(24-27-14-11-15-28(36)21-27)34(40)25-39(29-16-9-6-10-17-29)46(42,43)30-18-19-32(44-2)33(23-30)45-3/h5-19,21,23,31H,4,20,22,24-25H2,1-3H3,(H,37,41)/t31-/m1/s1. The number of benzene rings is 4. The summed E-state index contributed by atoms with van der Waals surface area (Å²) in [6, 6.07) is 28.1. The number of para-hydroxylation sites is 1. The summed E-state index contributed by atoms with van der Waals surface area (Å²) in [5, 5.41) is 3.41. The van der Waals surface area contributed by atoms with Crippen LogP contribution in [0.5, 0.6) is 11.5 Å². The van der Waals surface area contributed by atoms with Gasteiger partial charge in [-0.25, -0.2) is 8.42 Å². The van der Waals surface area contributed by atoms with Crippen LogP contribution in [0.1, 0.15) is 24.5 Å². The number of halogens is 1. The summed E-state index contributed by atoms with van der Waals surface area (Å²) in [4.78, 5) is 29.6. The van der Waals surface area contributed by atoms with E-state index in [0.717, 1.165) is 9.87 Å². The summed E-state index contributed by atoms with van der Waals surface area (Å²) in [6.45, 7) is 1.81. The minimum absolute atomic E-state index is 0.0233. The molecule has 0 aliphatic rings. The fourth-order valence-corrected chi connectivity index (χ4v) is 6.62. The summed E-state index contributed by atoms with van der Waals surface area (Å²) in [7, 11) is -1.44. The van der Waals surface area contributed by atoms with Crippen molar-refractivity contribution in [2.45, 2.75) is 37.2 Å². The predicted octanol–water partition coefficient (Wildman–Crippen LogP) is 5.72. The molecule has 2 amide bonds. The van der Waals surface area contributed by atoms with Crippen molar-refractivity contribution in [1.29, 1.82) is 0 Å². The third-order valence-electron chi connectivity index (χ3n) is 7.33. The first kappa shape index (κ1) is 34.3. The van der Waals surface area contributed by atoms with E-state index in [1.54, 1.807) is 48.5 Å². The molecule has 0 spiro atoms. The summed E-state index contributed by atoms with van der Waals surface area (Å²) < 4.78 is 40.2. The highest BCUT2D eigenvalue weighted by molar-refractivity contribution is 7.92. The minimum Gasteiger partial charge on any atom is -0.493 e. The Bertz CT molecular complexity index is 1720. The van der Waals surface area contributed by atoms with Gasteiger partial charge in [0, 0.05) is 30.6 Å². The first-order valence-corrected chi connectivity index (χ1v) is 16.6. The zero-order valence-corrected chi connectivity index (χ0v) is 27.6. The van der Waals surface area contributed by atoms with Gasteiger partial charge in [0.05, 0.1) is 24.8 Å². The molecule has 0 fully saturated rings. The Labute approximate surface area is 275 Å². The largest absolute Gasteiger partial charge is 0.493 e. The number of hydrogen-bond donors (Lipinski definition) is 1. The molecule has 0 aliphatic carbocycles. The van der Waals surface area contributed by atoms with Crippen LogP contribution < -0.4 is 19.1 Å². The number of anilines is 1. The lowest BCUT2D eigenvalue weighted by atomic mass is 10.0. The van der Waals surface area contributed by atoms with E-state index < -0.39 is 28.5 Å². The second-order valence-corrected chi connectivity index (χ2v) is 12.8. The number of hydrogen-bond acceptors (Lipinski definition) is 6. The molecule has 1 N–H and O–H groups in total. The molecule has 242 valence electrons. The van der Waals surface area contributed by atoms with E-state index in [2.05, 4.69) is 5.32 Å². The van der Waals surface area contributed by atoms with Crippen molar-refractivity contribution in [2.75, 3.05) is 31.6 Å². The number of carbonyl (C=O) groups excluding carboxylic acids is 2. The first-order chi connectivity index (χ1) is 22.2. The van der Waals surface area contributed by atoms with Crippen molar-refractivity contribution in [3.63, 3.8) is 0 Å². The van der Waals surface area contributed by atoms with Gasteiger partial charge in [0.1, 0.15) is 12.6 Å². The predicted molar refractivity (Wildman–Crippen MR) is 180 cm³/mol. The van der Waals surface area contributed by atoms with E-state index in [9.17, 15) is 18.0 Å². The van der Waals surface area contributed by atoms with Crippen LogP contribution >= 0.6 is 11.6 Å². The molecule has 0 saturated heterocycles. The van der Waals surface area contributed by atoms with Gasteiger partial charge in [-0.1, -0.05) is 79.2 Å². The molecule has 4 aromatic rings. The van der Waals surface area contributed by atoms with E-state index >= 15 is 0 Å². The molecular weight excluding hydrogens is 626 g/mol. The third kappa shape index (κ3) is 8.58. The molecule has 46 heavy (non-hydrogen) atoms. The van der Waals surface area contributed by atoms with Crippen molar-refractivity contribution in [3.05, 3.63) is 119 Å². The van der Waals surface area contributed by atoms with Gasteiger partial charge in [-0.3, -0.25) is 13.9 Å². The van der Waals surface area contributed by atoms with Gasteiger partial charge in [0.2, 0.25) is 11.8 Å². The molecule has 0 heterocycles. The fraction of sp³-hybridized carbons (Fsp3) is 0.257. The van der Waals surface area contributed by atoms with Crippen LogP contribution in [0.25, 0.3) is 0 Å². The quantitative estimate of drug-likeness (QED) is 0.175. The second kappa shape index (κ2) is 16.1. The molecule has 0 saturated carbocycles. The maximum absolute atomic E-state index is 14.5. The number of ether oxygens (including phenoxy) is 2. The summed E-state index contributed by atoms with van der Waals surface area (Å²) >= 11 is 6.30. The SMILES string of the molecule is CCCNC(=O)[C@@H](Cc1ccccc1)N(Cc1cccc(Cl)c1)C(=O)CN(c1ccccc1)S(=O)(=O)c1ccc(OC)c(OC)c1. The molecule has 9 nitrogen and oxygen atoms in total. The maximum atomic E-state index is 14.5. The topological polar surface area (TPSA) is 105 Å². The van der Waals surface area contributed by atoms with E-state index in [0.29, 0.717) is 29.3 Å². The molecule has 0 unspecified atom stereocenters. The van der Waals surface area contributed by atoms with Gasteiger partial charge in [-0.05, 0) is 53.9 Å². The van der Waals surface area contributed by atoms with Crippen molar-refractivity contribution in [1.82, 2.24) is 10.2 Å². The van der Waals surface area contributed by atoms with Crippen LogP contribution in [0, 0.1) is 0 Å². The van der Waals surface area contributed by atoms with Gasteiger partial charge >= 0.3 is 0 Å². The zero-order valence-electron chi connectivity index (χ0n) is 26.1. The van der Waals surface area contributed by atoms with E-state index in [1.807, 2.05) is 43.3 Å². The Morgan fingerprint density at radius 1 is 0.826 bits per heavy atom. The zero-order chi connectivity index (χ0) is 33.1. The third-order valence-corrected chi connectivity index (χ3v) is 9.33. The lowest BCUT2D eigenvalue weighted by Gasteiger charge is -2.34. The summed E-state index contributed by atoms with van der Waals surface area (Å²) in [5.74, 6) is -0.324. The van der Waals surface area contributed by atoms with Crippen molar-refractivity contribution >= 4 is 39.1 Å². The Balaban J connectivity index is 1.80. The number of carbonyl (C=O) groups is 2. The van der Waals surface area contributed by atoms with Crippen LogP contribution in [-0.2, 0) is 32.6 Å². The molecular formula is C35H38ClN3O6S. The lowest BCUT2D eigenvalue weighted by Crippen LogP contribution is -2.53. The van der Waals surface area contributed by atoms with Gasteiger partial charge < -0.3 is 19.7 Å². The van der Waals surface area contributed by atoms with E-state index in [4.69, 9.17) is 21.1 Å². The van der Waals surface area contributed by atoms with Crippen LogP contribution in [0.2, 0.25) is 5.02 Å². The Morgan fingerprint density at radius 2 is 1.48 bits per heavy atom. The molecule has 0 aromatic heterocycles. The molecule has 1 atom stereocenters. The number of amides is 2. The van der Waals surface area contributed by atoms with Crippen LogP contribution in [0.15, 0.2) is 108 Å². The van der Waals surface area contributed by atoms with Crippen LogP contribution in [0.3, 0.4) is 0 Å². The molecule has 0 aliphatic heterocycles. The lowest BCUT2D eigenvalue weighted by molar-refractivity contribution is -0.140. The van der Waals surface area contributed by atoms with E-state index in [-0.39, 0.29) is 35.2 Å². The normalized spacial score (nSPS) is 11.7. The molecule has 4 rings (SSSR count). The number of nitrogens with one attached hydrogen (secondary N) is 1. The smallest absolute Gasteiger partial charge is 0.264 e. The molecule has 4 aromatic carbocycles.